The van der Waals surface area contributed by atoms with Crippen molar-refractivity contribution >= 4 is 17.3 Å². The first-order chi connectivity index (χ1) is 15.2. The quantitative estimate of drug-likeness (QED) is 0.131. The zero-order valence-electron chi connectivity index (χ0n) is 19.7. The molecule has 0 aliphatic heterocycles. The number of hydrogen-bond donors (Lipinski definition) is 2. The van der Waals surface area contributed by atoms with E-state index in [2.05, 4.69) is 27.5 Å². The summed E-state index contributed by atoms with van der Waals surface area (Å²) in [5, 5.41) is 17.5. The van der Waals surface area contributed by atoms with E-state index in [1.54, 1.807) is 7.11 Å². The Kier molecular flexibility index (Phi) is 16.4. The molecule has 8 heteroatoms. The molecule has 0 atom stereocenters. The molecule has 0 aliphatic carbocycles. The van der Waals surface area contributed by atoms with Crippen LogP contribution in [0.25, 0.3) is 0 Å². The fourth-order valence-electron chi connectivity index (χ4n) is 3.61. The van der Waals surface area contributed by atoms with Crippen LogP contribution < -0.4 is 10.6 Å². The molecule has 0 radical (unpaired) electrons. The Labute approximate surface area is 188 Å². The highest BCUT2D eigenvalue weighted by Gasteiger charge is 2.22. The Balaban J connectivity index is 2.10. The summed E-state index contributed by atoms with van der Waals surface area (Å²) in [5.74, 6) is 0.495. The number of nitro groups is 1. The van der Waals surface area contributed by atoms with Gasteiger partial charge in [0.1, 0.15) is 6.33 Å². The minimum absolute atomic E-state index is 0.107. The molecule has 1 heterocycles. The van der Waals surface area contributed by atoms with Crippen molar-refractivity contribution in [2.75, 3.05) is 37.4 Å². The topological polar surface area (TPSA) is 102 Å². The molecule has 1 aromatic heterocycles. The summed E-state index contributed by atoms with van der Waals surface area (Å²) in [6.07, 6.45) is 19.7. The number of methoxy groups -OCH3 is 1. The third kappa shape index (κ3) is 13.1. The van der Waals surface area contributed by atoms with E-state index < -0.39 is 4.92 Å². The Hall–Kier alpha value is -1.96. The van der Waals surface area contributed by atoms with Gasteiger partial charge in [0.15, 0.2) is 0 Å². The fraction of sp³-hybridized carbons (Fsp3) is 0.826. The van der Waals surface area contributed by atoms with Crippen LogP contribution in [0.4, 0.5) is 17.3 Å². The van der Waals surface area contributed by atoms with Crippen LogP contribution >= 0.6 is 0 Å². The third-order valence-corrected chi connectivity index (χ3v) is 5.43. The average molecular weight is 438 g/mol. The summed E-state index contributed by atoms with van der Waals surface area (Å²) < 4.78 is 4.96. The van der Waals surface area contributed by atoms with Crippen molar-refractivity contribution in [3.63, 3.8) is 0 Å². The average Bonchev–Trinajstić information content (AvgIpc) is 2.76. The Morgan fingerprint density at radius 2 is 1.26 bits per heavy atom. The van der Waals surface area contributed by atoms with Gasteiger partial charge < -0.3 is 15.4 Å². The molecule has 0 unspecified atom stereocenters. The highest BCUT2D eigenvalue weighted by atomic mass is 16.6. The molecule has 0 bridgehead atoms. The van der Waals surface area contributed by atoms with Crippen molar-refractivity contribution in [1.29, 1.82) is 0 Å². The van der Waals surface area contributed by atoms with Crippen molar-refractivity contribution in [3.05, 3.63) is 16.4 Å². The Bertz CT molecular complexity index is 586. The smallest absolute Gasteiger partial charge is 0.353 e. The predicted octanol–water partition coefficient (Wildman–Crippen LogP) is 6.34. The molecule has 178 valence electrons. The molecule has 1 rings (SSSR count). The minimum Gasteiger partial charge on any atom is -0.383 e. The number of nitrogens with zero attached hydrogens (tertiary/aromatic N) is 3. The first kappa shape index (κ1) is 27.1. The van der Waals surface area contributed by atoms with Gasteiger partial charge in [0.2, 0.25) is 11.6 Å². The van der Waals surface area contributed by atoms with E-state index in [1.807, 2.05) is 0 Å². The molecular weight excluding hydrogens is 394 g/mol. The normalized spacial score (nSPS) is 10.9. The zero-order chi connectivity index (χ0) is 22.6. The van der Waals surface area contributed by atoms with Gasteiger partial charge >= 0.3 is 5.69 Å². The second-order valence-electron chi connectivity index (χ2n) is 8.12. The number of ether oxygens (including phenoxy) is 1. The van der Waals surface area contributed by atoms with Gasteiger partial charge in [0.25, 0.3) is 0 Å². The lowest BCUT2D eigenvalue weighted by molar-refractivity contribution is -0.383. The van der Waals surface area contributed by atoms with Crippen LogP contribution in [0, 0.1) is 10.1 Å². The van der Waals surface area contributed by atoms with Crippen LogP contribution in [0.5, 0.6) is 0 Å². The summed E-state index contributed by atoms with van der Waals surface area (Å²) in [6, 6.07) is 0. The molecular formula is C23H43N5O3. The molecule has 8 nitrogen and oxygen atoms in total. The maximum Gasteiger partial charge on any atom is 0.353 e. The van der Waals surface area contributed by atoms with E-state index >= 15 is 0 Å². The molecule has 0 amide bonds. The fourth-order valence-corrected chi connectivity index (χ4v) is 3.61. The van der Waals surface area contributed by atoms with E-state index in [0.717, 1.165) is 12.8 Å². The van der Waals surface area contributed by atoms with Crippen molar-refractivity contribution < 1.29 is 9.66 Å². The monoisotopic (exact) mass is 437 g/mol. The number of aromatic nitrogens is 2. The van der Waals surface area contributed by atoms with Crippen LogP contribution in [-0.2, 0) is 4.74 Å². The molecule has 0 fully saturated rings. The molecule has 0 aromatic carbocycles. The Morgan fingerprint density at radius 1 is 0.806 bits per heavy atom. The van der Waals surface area contributed by atoms with Gasteiger partial charge in [-0.05, 0) is 6.42 Å². The van der Waals surface area contributed by atoms with Gasteiger partial charge in [-0.15, -0.1) is 0 Å². The van der Waals surface area contributed by atoms with Crippen molar-refractivity contribution in [1.82, 2.24) is 9.97 Å². The van der Waals surface area contributed by atoms with Crippen LogP contribution in [0.2, 0.25) is 0 Å². The summed E-state index contributed by atoms with van der Waals surface area (Å²) in [4.78, 5) is 19.1. The second-order valence-corrected chi connectivity index (χ2v) is 8.12. The standard InChI is InChI=1S/C23H43N5O3/c1-3-4-5-6-7-8-9-10-11-12-13-14-15-16-17-24-22-21(28(29)30)23(27-20-26-22)25-18-19-31-2/h20H,3-19H2,1-2H3,(H2,24,25,26,27). The highest BCUT2D eigenvalue weighted by molar-refractivity contribution is 5.69. The van der Waals surface area contributed by atoms with Crippen molar-refractivity contribution in [3.8, 4) is 0 Å². The van der Waals surface area contributed by atoms with Gasteiger partial charge in [-0.1, -0.05) is 90.4 Å². The summed E-state index contributed by atoms with van der Waals surface area (Å²) in [7, 11) is 1.58. The first-order valence-corrected chi connectivity index (χ1v) is 12.2. The van der Waals surface area contributed by atoms with E-state index in [9.17, 15) is 10.1 Å². The van der Waals surface area contributed by atoms with Gasteiger partial charge in [-0.3, -0.25) is 10.1 Å². The molecule has 0 aliphatic rings. The van der Waals surface area contributed by atoms with Crippen molar-refractivity contribution in [2.24, 2.45) is 0 Å². The first-order valence-electron chi connectivity index (χ1n) is 12.2. The van der Waals surface area contributed by atoms with E-state index in [0.29, 0.717) is 19.7 Å². The maximum atomic E-state index is 11.4. The van der Waals surface area contributed by atoms with E-state index in [1.165, 1.54) is 83.4 Å². The maximum absolute atomic E-state index is 11.4. The molecule has 0 saturated heterocycles. The predicted molar refractivity (Wildman–Crippen MR) is 128 cm³/mol. The molecule has 2 N–H and O–H groups in total. The van der Waals surface area contributed by atoms with Gasteiger partial charge in [0.05, 0.1) is 11.5 Å². The van der Waals surface area contributed by atoms with Gasteiger partial charge in [-0.2, -0.15) is 0 Å². The third-order valence-electron chi connectivity index (χ3n) is 5.43. The minimum atomic E-state index is -0.442. The number of hydrogen-bond acceptors (Lipinski definition) is 7. The zero-order valence-corrected chi connectivity index (χ0v) is 19.7. The largest absolute Gasteiger partial charge is 0.383 e. The molecule has 1 aromatic rings. The summed E-state index contributed by atoms with van der Waals surface area (Å²) in [6.45, 7) is 3.84. The summed E-state index contributed by atoms with van der Waals surface area (Å²) in [5.41, 5.74) is -0.107. The van der Waals surface area contributed by atoms with E-state index in [4.69, 9.17) is 4.74 Å². The lowest BCUT2D eigenvalue weighted by Gasteiger charge is -2.09. The lowest BCUT2D eigenvalue weighted by atomic mass is 10.0. The molecule has 31 heavy (non-hydrogen) atoms. The SMILES string of the molecule is CCCCCCCCCCCCCCCCNc1ncnc(NCCOC)c1[N+](=O)[O-]. The van der Waals surface area contributed by atoms with Crippen LogP contribution in [0.3, 0.4) is 0 Å². The van der Waals surface area contributed by atoms with Crippen LogP contribution in [0.1, 0.15) is 96.8 Å². The van der Waals surface area contributed by atoms with Gasteiger partial charge in [0, 0.05) is 20.2 Å². The van der Waals surface area contributed by atoms with Crippen molar-refractivity contribution in [2.45, 2.75) is 96.8 Å². The number of nitrogens with one attached hydrogen (secondary N) is 2. The number of anilines is 2. The number of unbranched alkanes of at least 4 members (excludes halogenated alkanes) is 13. The second kappa shape index (κ2) is 18.8. The van der Waals surface area contributed by atoms with Crippen LogP contribution in [0.15, 0.2) is 6.33 Å². The van der Waals surface area contributed by atoms with Crippen LogP contribution in [-0.4, -0.2) is 41.7 Å². The highest BCUT2D eigenvalue weighted by Crippen LogP contribution is 2.28. The van der Waals surface area contributed by atoms with Gasteiger partial charge in [-0.25, -0.2) is 9.97 Å². The summed E-state index contributed by atoms with van der Waals surface area (Å²) >= 11 is 0. The Morgan fingerprint density at radius 3 is 1.71 bits per heavy atom. The molecule has 0 spiro atoms. The van der Waals surface area contributed by atoms with E-state index in [-0.39, 0.29) is 17.3 Å². The number of rotatable bonds is 21. The lowest BCUT2D eigenvalue weighted by Crippen LogP contribution is -2.13. The molecule has 0 saturated carbocycles.